The Bertz CT molecular complexity index is 1140. The van der Waals surface area contributed by atoms with Crippen LogP contribution in [0.15, 0.2) is 66.7 Å². The van der Waals surface area contributed by atoms with Gasteiger partial charge in [-0.3, -0.25) is 9.59 Å². The predicted octanol–water partition coefficient (Wildman–Crippen LogP) is 6.00. The first-order valence-corrected chi connectivity index (χ1v) is 9.78. The molecule has 0 aliphatic rings. The summed E-state index contributed by atoms with van der Waals surface area (Å²) in [7, 11) is 0. The number of hydrogen-bond acceptors (Lipinski definition) is 3. The molecule has 0 fully saturated rings. The lowest BCUT2D eigenvalue weighted by Crippen LogP contribution is -2.22. The second-order valence-electron chi connectivity index (χ2n) is 6.79. The smallest absolute Gasteiger partial charge is 0.418 e. The monoisotopic (exact) mass is 462 g/mol. The van der Waals surface area contributed by atoms with Gasteiger partial charge in [-0.15, -0.1) is 0 Å². The molecule has 0 radical (unpaired) electrons. The second-order valence-corrected chi connectivity index (χ2v) is 7.19. The van der Waals surface area contributed by atoms with Gasteiger partial charge >= 0.3 is 6.18 Å². The van der Waals surface area contributed by atoms with Crippen molar-refractivity contribution in [1.82, 2.24) is 0 Å². The Kier molecular flexibility index (Phi) is 7.05. The Morgan fingerprint density at radius 1 is 0.938 bits per heavy atom. The van der Waals surface area contributed by atoms with Gasteiger partial charge in [-0.05, 0) is 41.5 Å². The predicted molar refractivity (Wildman–Crippen MR) is 117 cm³/mol. The van der Waals surface area contributed by atoms with Gasteiger partial charge in [0, 0.05) is 12.6 Å². The van der Waals surface area contributed by atoms with Crippen LogP contribution < -0.4 is 15.4 Å². The number of ether oxygens (including phenoxy) is 1. The first-order chi connectivity index (χ1) is 15.1. The van der Waals surface area contributed by atoms with Gasteiger partial charge in [0.05, 0.1) is 16.3 Å². The Hall–Kier alpha value is -3.52. The number of nitrogens with one attached hydrogen (secondary N) is 2. The molecule has 2 amide bonds. The van der Waals surface area contributed by atoms with E-state index >= 15 is 0 Å². The van der Waals surface area contributed by atoms with Gasteiger partial charge in [0.25, 0.3) is 5.91 Å². The van der Waals surface area contributed by atoms with E-state index in [1.165, 1.54) is 13.0 Å². The zero-order chi connectivity index (χ0) is 23.3. The average molecular weight is 463 g/mol. The Morgan fingerprint density at radius 3 is 2.28 bits per heavy atom. The van der Waals surface area contributed by atoms with Crippen molar-refractivity contribution in [2.24, 2.45) is 0 Å². The van der Waals surface area contributed by atoms with Crippen LogP contribution in [-0.2, 0) is 15.8 Å². The summed E-state index contributed by atoms with van der Waals surface area (Å²) in [5.41, 5.74) is 0.208. The van der Waals surface area contributed by atoms with E-state index in [1.807, 2.05) is 30.3 Å². The molecule has 0 heterocycles. The van der Waals surface area contributed by atoms with Gasteiger partial charge in [0.2, 0.25) is 5.91 Å². The van der Waals surface area contributed by atoms with Crippen molar-refractivity contribution < 1.29 is 27.5 Å². The number of carbonyl (C=O) groups excluding carboxylic acids is 2. The molecule has 0 aliphatic carbocycles. The van der Waals surface area contributed by atoms with Crippen LogP contribution in [0.5, 0.6) is 5.75 Å². The second kappa shape index (κ2) is 9.74. The highest BCUT2D eigenvalue weighted by Crippen LogP contribution is 2.37. The van der Waals surface area contributed by atoms with Crippen molar-refractivity contribution in [2.75, 3.05) is 17.2 Å². The Balaban J connectivity index is 1.69. The molecule has 32 heavy (non-hydrogen) atoms. The number of alkyl halides is 3. The van der Waals surface area contributed by atoms with Gasteiger partial charge < -0.3 is 15.4 Å². The first kappa shape index (κ1) is 23.1. The van der Waals surface area contributed by atoms with E-state index < -0.39 is 35.8 Å². The third-order valence-corrected chi connectivity index (χ3v) is 4.61. The summed E-state index contributed by atoms with van der Waals surface area (Å²) in [6, 6.07) is 17.6. The molecular formula is C23H18ClF3N2O3. The summed E-state index contributed by atoms with van der Waals surface area (Å²) < 4.78 is 45.5. The maximum atomic E-state index is 13.4. The maximum absolute atomic E-state index is 13.4. The fourth-order valence-corrected chi connectivity index (χ4v) is 3.16. The third kappa shape index (κ3) is 6.01. The zero-order valence-electron chi connectivity index (χ0n) is 16.8. The summed E-state index contributed by atoms with van der Waals surface area (Å²) >= 11 is 6.23. The molecule has 2 N–H and O–H groups in total. The van der Waals surface area contributed by atoms with Crippen LogP contribution in [0.3, 0.4) is 0 Å². The third-order valence-electron chi connectivity index (χ3n) is 4.32. The summed E-state index contributed by atoms with van der Waals surface area (Å²) in [5.74, 6) is -1.09. The number of hydrogen-bond donors (Lipinski definition) is 2. The van der Waals surface area contributed by atoms with E-state index in [2.05, 4.69) is 10.6 Å². The normalized spacial score (nSPS) is 11.0. The molecule has 0 unspecified atom stereocenters. The Morgan fingerprint density at radius 2 is 1.66 bits per heavy atom. The molecule has 0 atom stereocenters. The van der Waals surface area contributed by atoms with Gasteiger partial charge in [-0.25, -0.2) is 0 Å². The molecule has 0 spiro atoms. The SMILES string of the molecule is CC(=O)Nc1ccc(NC(=O)COc2ccc(-c3ccccc3)cc2Cl)c(C(F)(F)F)c1. The molecular weight excluding hydrogens is 445 g/mol. The van der Waals surface area contributed by atoms with Crippen LogP contribution in [-0.4, -0.2) is 18.4 Å². The standard InChI is InChI=1S/C23H18ClF3N2O3/c1-14(30)28-17-8-9-20(18(12-17)23(25,26)27)29-22(31)13-32-21-10-7-16(11-19(21)24)15-5-3-2-4-6-15/h2-12H,13H2,1H3,(H,28,30)(H,29,31). The molecule has 0 saturated heterocycles. The van der Waals surface area contributed by atoms with E-state index in [-0.39, 0.29) is 16.5 Å². The van der Waals surface area contributed by atoms with Gasteiger partial charge in [0.15, 0.2) is 6.61 Å². The fourth-order valence-electron chi connectivity index (χ4n) is 2.93. The summed E-state index contributed by atoms with van der Waals surface area (Å²) in [4.78, 5) is 23.3. The van der Waals surface area contributed by atoms with E-state index in [9.17, 15) is 22.8 Å². The van der Waals surface area contributed by atoms with E-state index in [1.54, 1.807) is 18.2 Å². The molecule has 0 saturated carbocycles. The topological polar surface area (TPSA) is 67.4 Å². The highest BCUT2D eigenvalue weighted by Gasteiger charge is 2.34. The zero-order valence-corrected chi connectivity index (χ0v) is 17.6. The molecule has 0 bridgehead atoms. The minimum atomic E-state index is -4.74. The number of halogens is 4. The largest absolute Gasteiger partial charge is 0.482 e. The highest BCUT2D eigenvalue weighted by atomic mass is 35.5. The van der Waals surface area contributed by atoms with Crippen LogP contribution in [0.25, 0.3) is 11.1 Å². The average Bonchev–Trinajstić information content (AvgIpc) is 2.73. The summed E-state index contributed by atoms with van der Waals surface area (Å²) in [6.45, 7) is 0.632. The van der Waals surface area contributed by atoms with Crippen molar-refractivity contribution in [3.8, 4) is 16.9 Å². The molecule has 166 valence electrons. The number of rotatable bonds is 6. The minimum Gasteiger partial charge on any atom is -0.482 e. The van der Waals surface area contributed by atoms with Crippen molar-refractivity contribution in [2.45, 2.75) is 13.1 Å². The molecule has 3 aromatic carbocycles. The lowest BCUT2D eigenvalue weighted by molar-refractivity contribution is -0.137. The molecule has 9 heteroatoms. The van der Waals surface area contributed by atoms with E-state index in [4.69, 9.17) is 16.3 Å². The lowest BCUT2D eigenvalue weighted by atomic mass is 10.1. The molecule has 3 rings (SSSR count). The number of carbonyl (C=O) groups is 2. The van der Waals surface area contributed by atoms with Crippen LogP contribution >= 0.6 is 11.6 Å². The van der Waals surface area contributed by atoms with Gasteiger partial charge in [0.1, 0.15) is 5.75 Å². The van der Waals surface area contributed by atoms with Crippen LogP contribution in [0.4, 0.5) is 24.5 Å². The van der Waals surface area contributed by atoms with E-state index in [0.717, 1.165) is 23.3 Å². The first-order valence-electron chi connectivity index (χ1n) is 9.40. The molecule has 0 aliphatic heterocycles. The number of benzene rings is 3. The Labute approximate surface area is 187 Å². The quantitative estimate of drug-likeness (QED) is 0.472. The van der Waals surface area contributed by atoms with Crippen molar-refractivity contribution >= 4 is 34.8 Å². The van der Waals surface area contributed by atoms with Crippen LogP contribution in [0.2, 0.25) is 5.02 Å². The molecule has 3 aromatic rings. The summed E-state index contributed by atoms with van der Waals surface area (Å²) in [5, 5.41) is 4.72. The maximum Gasteiger partial charge on any atom is 0.418 e. The summed E-state index contributed by atoms with van der Waals surface area (Å²) in [6.07, 6.45) is -4.74. The van der Waals surface area contributed by atoms with Crippen LogP contribution in [0, 0.1) is 0 Å². The number of anilines is 2. The highest BCUT2D eigenvalue weighted by molar-refractivity contribution is 6.32. The number of amides is 2. The van der Waals surface area contributed by atoms with Crippen molar-refractivity contribution in [3.63, 3.8) is 0 Å². The van der Waals surface area contributed by atoms with Crippen LogP contribution in [0.1, 0.15) is 12.5 Å². The molecule has 0 aromatic heterocycles. The minimum absolute atomic E-state index is 0.0376. The lowest BCUT2D eigenvalue weighted by Gasteiger charge is -2.16. The van der Waals surface area contributed by atoms with Gasteiger partial charge in [-0.1, -0.05) is 48.0 Å². The van der Waals surface area contributed by atoms with Crippen molar-refractivity contribution in [1.29, 1.82) is 0 Å². The van der Waals surface area contributed by atoms with Crippen molar-refractivity contribution in [3.05, 3.63) is 77.3 Å². The fraction of sp³-hybridized carbons (Fsp3) is 0.130. The van der Waals surface area contributed by atoms with E-state index in [0.29, 0.717) is 0 Å². The van der Waals surface area contributed by atoms with Gasteiger partial charge in [-0.2, -0.15) is 13.2 Å². The molecule has 5 nitrogen and oxygen atoms in total.